The van der Waals surface area contributed by atoms with Crippen molar-refractivity contribution in [1.82, 2.24) is 5.32 Å². The van der Waals surface area contributed by atoms with Crippen LogP contribution in [0.3, 0.4) is 0 Å². The Morgan fingerprint density at radius 3 is 2.77 bits per heavy atom. The van der Waals surface area contributed by atoms with Gasteiger partial charge in [0.25, 0.3) is 0 Å². The van der Waals surface area contributed by atoms with Gasteiger partial charge in [0.2, 0.25) is 5.91 Å². The molecule has 1 amide bonds. The molecule has 76 valence electrons. The molecule has 13 heavy (non-hydrogen) atoms. The zero-order valence-electron chi connectivity index (χ0n) is 8.08. The first kappa shape index (κ1) is 10.5. The van der Waals surface area contributed by atoms with Crippen LogP contribution >= 0.6 is 0 Å². The molecule has 3 N–H and O–H groups in total. The highest BCUT2D eigenvalue weighted by Crippen LogP contribution is 2.13. The average molecular weight is 186 g/mol. The summed E-state index contributed by atoms with van der Waals surface area (Å²) in [5.41, 5.74) is 5.13. The predicted molar refractivity (Wildman–Crippen MR) is 50.2 cm³/mol. The molecule has 1 heterocycles. The number of nitrogens with two attached hydrogens (primary N) is 1. The van der Waals surface area contributed by atoms with Crippen LogP contribution in [0.2, 0.25) is 0 Å². The Bertz CT molecular complexity index is 167. The molecule has 1 aliphatic heterocycles. The van der Waals surface area contributed by atoms with Crippen molar-refractivity contribution in [2.45, 2.75) is 25.8 Å². The number of hydrogen-bond donors (Lipinski definition) is 2. The van der Waals surface area contributed by atoms with Gasteiger partial charge in [-0.3, -0.25) is 4.79 Å². The highest BCUT2D eigenvalue weighted by atomic mass is 16.5. The molecule has 0 spiro atoms. The lowest BCUT2D eigenvalue weighted by atomic mass is 10.0. The summed E-state index contributed by atoms with van der Waals surface area (Å²) in [6, 6.07) is -0.220. The van der Waals surface area contributed by atoms with Gasteiger partial charge in [-0.05, 0) is 32.2 Å². The fraction of sp³-hybridized carbons (Fsp3) is 0.889. The van der Waals surface area contributed by atoms with E-state index in [0.29, 0.717) is 5.92 Å². The van der Waals surface area contributed by atoms with E-state index < -0.39 is 0 Å². The summed E-state index contributed by atoms with van der Waals surface area (Å²) in [6.07, 6.45) is 2.16. The van der Waals surface area contributed by atoms with Crippen LogP contribution in [0.25, 0.3) is 0 Å². The fourth-order valence-corrected chi connectivity index (χ4v) is 1.39. The second kappa shape index (κ2) is 5.19. The van der Waals surface area contributed by atoms with Crippen molar-refractivity contribution in [1.29, 1.82) is 0 Å². The van der Waals surface area contributed by atoms with Crippen LogP contribution in [0.4, 0.5) is 0 Å². The van der Waals surface area contributed by atoms with Crippen LogP contribution in [-0.2, 0) is 9.53 Å². The first-order valence-electron chi connectivity index (χ1n) is 4.80. The van der Waals surface area contributed by atoms with Crippen molar-refractivity contribution in [3.05, 3.63) is 0 Å². The lowest BCUT2D eigenvalue weighted by Gasteiger charge is -2.23. The quantitative estimate of drug-likeness (QED) is 0.643. The van der Waals surface area contributed by atoms with E-state index in [4.69, 9.17) is 10.5 Å². The van der Waals surface area contributed by atoms with Crippen LogP contribution in [0, 0.1) is 5.92 Å². The molecular formula is C9H18N2O2. The van der Waals surface area contributed by atoms with E-state index in [1.54, 1.807) is 6.92 Å². The highest BCUT2D eigenvalue weighted by molar-refractivity contribution is 5.79. The van der Waals surface area contributed by atoms with Crippen molar-refractivity contribution in [3.63, 3.8) is 0 Å². The van der Waals surface area contributed by atoms with E-state index in [1.165, 1.54) is 0 Å². The van der Waals surface area contributed by atoms with E-state index >= 15 is 0 Å². The van der Waals surface area contributed by atoms with Crippen molar-refractivity contribution in [2.75, 3.05) is 19.8 Å². The highest BCUT2D eigenvalue weighted by Gasteiger charge is 2.15. The van der Waals surface area contributed by atoms with Gasteiger partial charge in [0.1, 0.15) is 0 Å². The molecule has 1 saturated heterocycles. The molecule has 0 aromatic rings. The molecular weight excluding hydrogens is 168 g/mol. The van der Waals surface area contributed by atoms with Crippen molar-refractivity contribution in [3.8, 4) is 0 Å². The second-order valence-electron chi connectivity index (χ2n) is 3.59. The fourth-order valence-electron chi connectivity index (χ4n) is 1.39. The van der Waals surface area contributed by atoms with E-state index in [9.17, 15) is 4.79 Å². The summed E-state index contributed by atoms with van der Waals surface area (Å²) in [5, 5.41) is 3.12. The molecule has 0 saturated carbocycles. The zero-order valence-corrected chi connectivity index (χ0v) is 8.08. The van der Waals surface area contributed by atoms with Gasteiger partial charge < -0.3 is 15.8 Å². The number of hydrogen-bond acceptors (Lipinski definition) is 3. The van der Waals surface area contributed by atoms with E-state index in [0.717, 1.165) is 32.6 Å². The summed E-state index contributed by atoms with van der Waals surface area (Å²) in [6.45, 7) is 4.35. The largest absolute Gasteiger partial charge is 0.381 e. The maximum Gasteiger partial charge on any atom is 0.234 e. The first-order valence-corrected chi connectivity index (χ1v) is 4.80. The van der Waals surface area contributed by atoms with Crippen molar-refractivity contribution >= 4 is 5.91 Å². The van der Waals surface area contributed by atoms with Crippen molar-refractivity contribution in [2.24, 2.45) is 11.7 Å². The van der Waals surface area contributed by atoms with Gasteiger partial charge in [0, 0.05) is 13.2 Å². The monoisotopic (exact) mass is 186 g/mol. The Balaban J connectivity index is 2.13. The minimum Gasteiger partial charge on any atom is -0.381 e. The van der Waals surface area contributed by atoms with Gasteiger partial charge in [0.15, 0.2) is 0 Å². The van der Waals surface area contributed by atoms with Crippen LogP contribution < -0.4 is 11.1 Å². The molecule has 1 fully saturated rings. The molecule has 1 unspecified atom stereocenters. The number of amides is 1. The minimum atomic E-state index is -0.285. The van der Waals surface area contributed by atoms with Gasteiger partial charge >= 0.3 is 0 Å². The number of ether oxygens (including phenoxy) is 1. The first-order chi connectivity index (χ1) is 6.20. The second-order valence-corrected chi connectivity index (χ2v) is 3.59. The molecule has 4 heteroatoms. The molecule has 1 rings (SSSR count). The number of carbonyl (C=O) groups excluding carboxylic acids is 1. The molecule has 0 aromatic carbocycles. The van der Waals surface area contributed by atoms with Crippen LogP contribution in [-0.4, -0.2) is 31.7 Å². The topological polar surface area (TPSA) is 64.3 Å². The minimum absolute atomic E-state index is 0.220. The Morgan fingerprint density at radius 1 is 1.62 bits per heavy atom. The van der Waals surface area contributed by atoms with Gasteiger partial charge in [0.05, 0.1) is 6.04 Å². The average Bonchev–Trinajstić information content (AvgIpc) is 2.15. The maximum atomic E-state index is 10.7. The molecule has 1 aliphatic rings. The zero-order chi connectivity index (χ0) is 9.68. The molecule has 1 atom stereocenters. The summed E-state index contributed by atoms with van der Waals surface area (Å²) in [4.78, 5) is 10.7. The van der Waals surface area contributed by atoms with Crippen LogP contribution in [0.1, 0.15) is 19.8 Å². The standard InChI is InChI=1S/C9H18N2O2/c1-7(9(10)12)11-6-8-2-4-13-5-3-8/h7-8,11H,2-6H2,1H3,(H2,10,12). The van der Waals surface area contributed by atoms with E-state index in [-0.39, 0.29) is 11.9 Å². The molecule has 4 nitrogen and oxygen atoms in total. The number of carbonyl (C=O) groups is 1. The van der Waals surface area contributed by atoms with Gasteiger partial charge in [-0.25, -0.2) is 0 Å². The Morgan fingerprint density at radius 2 is 2.23 bits per heavy atom. The molecule has 0 radical (unpaired) electrons. The third kappa shape index (κ3) is 3.74. The Hall–Kier alpha value is -0.610. The van der Waals surface area contributed by atoms with Gasteiger partial charge in [-0.15, -0.1) is 0 Å². The molecule has 0 bridgehead atoms. The smallest absolute Gasteiger partial charge is 0.234 e. The maximum absolute atomic E-state index is 10.7. The predicted octanol–water partition coefficient (Wildman–Crippen LogP) is -0.124. The number of primary amides is 1. The Kier molecular flexibility index (Phi) is 4.18. The lowest BCUT2D eigenvalue weighted by molar-refractivity contribution is -0.119. The van der Waals surface area contributed by atoms with Gasteiger partial charge in [-0.2, -0.15) is 0 Å². The van der Waals surface area contributed by atoms with E-state index in [1.807, 2.05) is 0 Å². The molecule has 0 aliphatic carbocycles. The van der Waals surface area contributed by atoms with Crippen LogP contribution in [0.5, 0.6) is 0 Å². The summed E-state index contributed by atoms with van der Waals surface area (Å²) >= 11 is 0. The van der Waals surface area contributed by atoms with Crippen molar-refractivity contribution < 1.29 is 9.53 Å². The summed E-state index contributed by atoms with van der Waals surface area (Å²) in [7, 11) is 0. The normalized spacial score (nSPS) is 21.3. The van der Waals surface area contributed by atoms with Gasteiger partial charge in [-0.1, -0.05) is 0 Å². The summed E-state index contributed by atoms with van der Waals surface area (Å²) < 4.78 is 5.23. The summed E-state index contributed by atoms with van der Waals surface area (Å²) in [5.74, 6) is 0.350. The Labute approximate surface area is 78.8 Å². The van der Waals surface area contributed by atoms with E-state index in [2.05, 4.69) is 5.32 Å². The number of nitrogens with one attached hydrogen (secondary N) is 1. The number of rotatable bonds is 4. The lowest BCUT2D eigenvalue weighted by Crippen LogP contribution is -2.41. The third-order valence-corrected chi connectivity index (χ3v) is 2.48. The third-order valence-electron chi connectivity index (χ3n) is 2.48. The molecule has 0 aromatic heterocycles. The van der Waals surface area contributed by atoms with Crippen LogP contribution in [0.15, 0.2) is 0 Å². The SMILES string of the molecule is CC(NCC1CCOCC1)C(N)=O.